The van der Waals surface area contributed by atoms with Crippen LogP contribution in [-0.2, 0) is 6.54 Å². The van der Waals surface area contributed by atoms with Gasteiger partial charge in [0.25, 0.3) is 0 Å². The van der Waals surface area contributed by atoms with E-state index in [2.05, 4.69) is 48.7 Å². The molecule has 160 valence electrons. The highest BCUT2D eigenvalue weighted by Gasteiger charge is 2.00. The van der Waals surface area contributed by atoms with Gasteiger partial charge in [-0.2, -0.15) is 0 Å². The third-order valence-electron chi connectivity index (χ3n) is 5.79. The molecule has 0 N–H and O–H groups in total. The summed E-state index contributed by atoms with van der Waals surface area (Å²) in [5.74, 6) is 0. The van der Waals surface area contributed by atoms with E-state index in [0.717, 1.165) is 13.1 Å². The molecule has 0 heterocycles. The molecule has 1 heteroatoms. The molecule has 0 radical (unpaired) electrons. The van der Waals surface area contributed by atoms with Gasteiger partial charge in [0, 0.05) is 13.1 Å². The Morgan fingerprint density at radius 1 is 0.643 bits per heavy atom. The van der Waals surface area contributed by atoms with E-state index in [1.165, 1.54) is 108 Å². The third-order valence-corrected chi connectivity index (χ3v) is 5.79. The van der Waals surface area contributed by atoms with Gasteiger partial charge in [-0.05, 0) is 18.2 Å². The van der Waals surface area contributed by atoms with E-state index in [1.54, 1.807) is 0 Å². The Labute approximate surface area is 176 Å². The first kappa shape index (κ1) is 24.8. The largest absolute Gasteiger partial charge is 0.374 e. The molecule has 0 atom stereocenters. The van der Waals surface area contributed by atoms with Crippen molar-refractivity contribution in [2.75, 3.05) is 6.54 Å². The zero-order valence-electron chi connectivity index (χ0n) is 18.8. The molecule has 0 unspecified atom stereocenters. The molecule has 1 aromatic carbocycles. The fraction of sp³-hybridized carbons (Fsp3) is 0.704. The first-order chi connectivity index (χ1) is 13.9. The summed E-state index contributed by atoms with van der Waals surface area (Å²) in [6, 6.07) is 10.7. The Balaban J connectivity index is 1.82. The number of hydrogen-bond donors (Lipinski definition) is 0. The zero-order valence-corrected chi connectivity index (χ0v) is 18.8. The predicted molar refractivity (Wildman–Crippen MR) is 127 cm³/mol. The summed E-state index contributed by atoms with van der Waals surface area (Å²) in [6.45, 7) is 8.40. The van der Waals surface area contributed by atoms with Crippen molar-refractivity contribution in [3.05, 3.63) is 48.7 Å². The van der Waals surface area contributed by atoms with Crippen LogP contribution in [0, 0.1) is 0 Å². The molecule has 0 saturated carbocycles. The van der Waals surface area contributed by atoms with Crippen LogP contribution in [0.3, 0.4) is 0 Å². The molecule has 28 heavy (non-hydrogen) atoms. The number of nitrogens with zero attached hydrogens (tertiary/aromatic N) is 1. The van der Waals surface area contributed by atoms with Gasteiger partial charge in [0.2, 0.25) is 0 Å². The van der Waals surface area contributed by atoms with Gasteiger partial charge in [-0.1, -0.05) is 140 Å². The van der Waals surface area contributed by atoms with E-state index in [9.17, 15) is 0 Å². The minimum absolute atomic E-state index is 0.989. The van der Waals surface area contributed by atoms with Crippen molar-refractivity contribution in [2.24, 2.45) is 0 Å². The van der Waals surface area contributed by atoms with E-state index in [0.29, 0.717) is 0 Å². The molecule has 0 spiro atoms. The second-order valence-corrected chi connectivity index (χ2v) is 8.44. The standard InChI is InChI=1S/C27H47N/c1-3-5-6-7-8-9-10-11-12-13-14-15-16-17-18-22-25-28(4-2)26-27-23-20-19-21-24-27/h4,19-21,23-24H,2-3,5-18,22,25-26H2,1H3. The lowest BCUT2D eigenvalue weighted by molar-refractivity contribution is 0.355. The average Bonchev–Trinajstić information content (AvgIpc) is 2.73. The molecule has 0 bridgehead atoms. The molecule has 0 aliphatic carbocycles. The lowest BCUT2D eigenvalue weighted by atomic mass is 10.0. The van der Waals surface area contributed by atoms with Crippen molar-refractivity contribution < 1.29 is 0 Å². The Morgan fingerprint density at radius 2 is 1.07 bits per heavy atom. The van der Waals surface area contributed by atoms with E-state index in [4.69, 9.17) is 0 Å². The molecular weight excluding hydrogens is 338 g/mol. The molecule has 0 amide bonds. The van der Waals surface area contributed by atoms with Gasteiger partial charge in [0.05, 0.1) is 0 Å². The third kappa shape index (κ3) is 14.8. The van der Waals surface area contributed by atoms with Gasteiger partial charge in [-0.3, -0.25) is 0 Å². The van der Waals surface area contributed by atoms with Crippen molar-refractivity contribution in [3.63, 3.8) is 0 Å². The van der Waals surface area contributed by atoms with Crippen LogP contribution in [0.5, 0.6) is 0 Å². The van der Waals surface area contributed by atoms with Crippen LogP contribution in [0.1, 0.15) is 115 Å². The lowest BCUT2D eigenvalue weighted by Crippen LogP contribution is -2.17. The summed E-state index contributed by atoms with van der Waals surface area (Å²) in [4.78, 5) is 2.35. The minimum atomic E-state index is 0.989. The number of benzene rings is 1. The summed E-state index contributed by atoms with van der Waals surface area (Å²) in [5, 5.41) is 0. The first-order valence-corrected chi connectivity index (χ1v) is 12.3. The van der Waals surface area contributed by atoms with E-state index in [1.807, 2.05) is 6.20 Å². The van der Waals surface area contributed by atoms with E-state index >= 15 is 0 Å². The number of unbranched alkanes of at least 4 members (excludes halogenated alkanes) is 15. The Hall–Kier alpha value is -1.24. The van der Waals surface area contributed by atoms with Crippen LogP contribution in [0.4, 0.5) is 0 Å². The molecule has 0 fully saturated rings. The molecule has 1 aromatic rings. The van der Waals surface area contributed by atoms with Crippen LogP contribution >= 0.6 is 0 Å². The van der Waals surface area contributed by atoms with Gasteiger partial charge < -0.3 is 4.90 Å². The quantitative estimate of drug-likeness (QED) is 0.202. The second kappa shape index (κ2) is 19.1. The van der Waals surface area contributed by atoms with Crippen molar-refractivity contribution >= 4 is 0 Å². The van der Waals surface area contributed by atoms with Gasteiger partial charge in [0.1, 0.15) is 0 Å². The van der Waals surface area contributed by atoms with Crippen LogP contribution in [0.15, 0.2) is 43.1 Å². The summed E-state index contributed by atoms with van der Waals surface area (Å²) in [5.41, 5.74) is 1.37. The molecule has 0 aliphatic rings. The molecule has 0 aliphatic heterocycles. The SMILES string of the molecule is C=CN(CCCCCCCCCCCCCCCCCC)Cc1ccccc1. The van der Waals surface area contributed by atoms with Crippen LogP contribution < -0.4 is 0 Å². The Kier molecular flexibility index (Phi) is 16.9. The monoisotopic (exact) mass is 385 g/mol. The maximum absolute atomic E-state index is 3.98. The highest BCUT2D eigenvalue weighted by atomic mass is 15.1. The molecule has 1 rings (SSSR count). The summed E-state index contributed by atoms with van der Waals surface area (Å²) in [6.07, 6.45) is 24.8. The topological polar surface area (TPSA) is 3.24 Å². The Bertz CT molecular complexity index is 439. The van der Waals surface area contributed by atoms with Gasteiger partial charge in [0.15, 0.2) is 0 Å². The summed E-state index contributed by atoms with van der Waals surface area (Å²) in [7, 11) is 0. The fourth-order valence-electron chi connectivity index (χ4n) is 3.92. The second-order valence-electron chi connectivity index (χ2n) is 8.44. The van der Waals surface area contributed by atoms with Crippen LogP contribution in [-0.4, -0.2) is 11.4 Å². The smallest absolute Gasteiger partial charge is 0.0423 e. The lowest BCUT2D eigenvalue weighted by Gasteiger charge is -2.20. The van der Waals surface area contributed by atoms with Crippen molar-refractivity contribution in [1.82, 2.24) is 4.90 Å². The molecular formula is C27H47N. The van der Waals surface area contributed by atoms with Gasteiger partial charge in [-0.15, -0.1) is 0 Å². The fourth-order valence-corrected chi connectivity index (χ4v) is 3.92. The highest BCUT2D eigenvalue weighted by Crippen LogP contribution is 2.14. The first-order valence-electron chi connectivity index (χ1n) is 12.3. The number of hydrogen-bond acceptors (Lipinski definition) is 1. The summed E-state index contributed by atoms with van der Waals surface area (Å²) < 4.78 is 0. The Morgan fingerprint density at radius 3 is 1.50 bits per heavy atom. The minimum Gasteiger partial charge on any atom is -0.374 e. The summed E-state index contributed by atoms with van der Waals surface area (Å²) >= 11 is 0. The molecule has 1 nitrogen and oxygen atoms in total. The molecule has 0 aromatic heterocycles. The normalized spacial score (nSPS) is 10.9. The van der Waals surface area contributed by atoms with Gasteiger partial charge in [-0.25, -0.2) is 0 Å². The molecule has 0 saturated heterocycles. The predicted octanol–water partition coefficient (Wildman–Crippen LogP) is 8.89. The van der Waals surface area contributed by atoms with Crippen molar-refractivity contribution in [2.45, 2.75) is 116 Å². The zero-order chi connectivity index (χ0) is 20.1. The van der Waals surface area contributed by atoms with E-state index < -0.39 is 0 Å². The van der Waals surface area contributed by atoms with Crippen LogP contribution in [0.2, 0.25) is 0 Å². The van der Waals surface area contributed by atoms with Crippen molar-refractivity contribution in [3.8, 4) is 0 Å². The number of rotatable bonds is 20. The van der Waals surface area contributed by atoms with Crippen molar-refractivity contribution in [1.29, 1.82) is 0 Å². The average molecular weight is 386 g/mol. The van der Waals surface area contributed by atoms with E-state index in [-0.39, 0.29) is 0 Å². The van der Waals surface area contributed by atoms with Gasteiger partial charge >= 0.3 is 0 Å². The van der Waals surface area contributed by atoms with Crippen LogP contribution in [0.25, 0.3) is 0 Å². The maximum Gasteiger partial charge on any atom is 0.0423 e. The maximum atomic E-state index is 3.98. The highest BCUT2D eigenvalue weighted by molar-refractivity contribution is 5.14.